The number of aliphatic hydroxyl groups is 1. The highest BCUT2D eigenvalue weighted by Crippen LogP contribution is 2.30. The Morgan fingerprint density at radius 1 is 1.02 bits per heavy atom. The van der Waals surface area contributed by atoms with Gasteiger partial charge in [-0.3, -0.25) is 10.1 Å². The molecule has 0 aliphatic rings. The number of alkyl halides is 3. The number of nitrogens with zero attached hydrogens (tertiary/aromatic N) is 3. The number of anilines is 1. The molecular formula is C30H28F3N5O2. The van der Waals surface area contributed by atoms with Gasteiger partial charge in [0.1, 0.15) is 11.4 Å². The minimum absolute atomic E-state index is 0.115. The van der Waals surface area contributed by atoms with Gasteiger partial charge in [0.15, 0.2) is 6.67 Å². The average Bonchev–Trinajstić information content (AvgIpc) is 3.43. The molecule has 0 saturated carbocycles. The Bertz CT molecular complexity index is 1530. The topological polar surface area (TPSA) is 103 Å². The van der Waals surface area contributed by atoms with E-state index in [0.717, 1.165) is 21.9 Å². The lowest BCUT2D eigenvalue weighted by Gasteiger charge is -2.31. The first-order chi connectivity index (χ1) is 19.1. The monoisotopic (exact) mass is 547 g/mol. The van der Waals surface area contributed by atoms with Crippen molar-refractivity contribution in [3.63, 3.8) is 0 Å². The van der Waals surface area contributed by atoms with Gasteiger partial charge < -0.3 is 10.4 Å². The van der Waals surface area contributed by atoms with Crippen LogP contribution < -0.4 is 10.6 Å². The van der Waals surface area contributed by atoms with E-state index in [1.807, 2.05) is 56.3 Å². The van der Waals surface area contributed by atoms with Crippen LogP contribution in [0.1, 0.15) is 52.8 Å². The highest BCUT2D eigenvalue weighted by Gasteiger charge is 2.37. The number of benzene rings is 3. The highest BCUT2D eigenvalue weighted by molar-refractivity contribution is 6.03. The van der Waals surface area contributed by atoms with E-state index in [0.29, 0.717) is 5.69 Å². The molecule has 10 heteroatoms. The number of nitriles is 1. The van der Waals surface area contributed by atoms with Crippen LogP contribution in [0.5, 0.6) is 0 Å². The van der Waals surface area contributed by atoms with E-state index in [9.17, 15) is 28.3 Å². The Kier molecular flexibility index (Phi) is 8.38. The molecule has 0 aliphatic carbocycles. The predicted molar refractivity (Wildman–Crippen MR) is 145 cm³/mol. The molecular weight excluding hydrogens is 519 g/mol. The van der Waals surface area contributed by atoms with Crippen LogP contribution >= 0.6 is 0 Å². The third kappa shape index (κ3) is 6.39. The summed E-state index contributed by atoms with van der Waals surface area (Å²) in [6, 6.07) is 25.0. The number of hydrogen-bond donors (Lipinski definition) is 3. The maximum absolute atomic E-state index is 14.2. The number of aliphatic hydroxyl groups excluding tert-OH is 1. The molecule has 4 rings (SSSR count). The molecule has 0 aliphatic heterocycles. The predicted octanol–water partition coefficient (Wildman–Crippen LogP) is 5.51. The van der Waals surface area contributed by atoms with Crippen molar-refractivity contribution in [2.75, 3.05) is 18.6 Å². The first-order valence-electron chi connectivity index (χ1n) is 12.5. The van der Waals surface area contributed by atoms with Crippen LogP contribution in [0.25, 0.3) is 5.69 Å². The third-order valence-corrected chi connectivity index (χ3v) is 6.25. The number of carbonyl (C=O) groups is 1. The summed E-state index contributed by atoms with van der Waals surface area (Å²) < 4.78 is 42.6. The summed E-state index contributed by atoms with van der Waals surface area (Å²) in [6.07, 6.45) is 0. The molecule has 0 fully saturated rings. The Morgan fingerprint density at radius 2 is 1.73 bits per heavy atom. The van der Waals surface area contributed by atoms with Crippen LogP contribution in [0.2, 0.25) is 0 Å². The number of amides is 1. The largest absolute Gasteiger partial charge is 0.394 e. The molecule has 40 heavy (non-hydrogen) atoms. The molecule has 1 unspecified atom stereocenters. The van der Waals surface area contributed by atoms with Crippen LogP contribution in [0.15, 0.2) is 84.9 Å². The van der Waals surface area contributed by atoms with Gasteiger partial charge in [0.25, 0.3) is 5.91 Å². The van der Waals surface area contributed by atoms with Crippen molar-refractivity contribution < 1.29 is 23.1 Å². The number of rotatable bonds is 10. The molecule has 3 aromatic carbocycles. The van der Waals surface area contributed by atoms with E-state index >= 15 is 0 Å². The van der Waals surface area contributed by atoms with Gasteiger partial charge in [-0.15, -0.1) is 0 Å². The van der Waals surface area contributed by atoms with Crippen molar-refractivity contribution >= 4 is 11.6 Å². The van der Waals surface area contributed by atoms with Gasteiger partial charge in [0, 0.05) is 11.2 Å². The second-order valence-corrected chi connectivity index (χ2v) is 9.94. The number of hydrogen-bond acceptors (Lipinski definition) is 5. The van der Waals surface area contributed by atoms with Crippen molar-refractivity contribution in [2.45, 2.75) is 31.4 Å². The fraction of sp³-hybridized carbons (Fsp3) is 0.233. The molecule has 0 spiro atoms. The lowest BCUT2D eigenvalue weighted by Crippen LogP contribution is -2.45. The number of halogens is 3. The molecule has 206 valence electrons. The third-order valence-electron chi connectivity index (χ3n) is 6.25. The first-order valence-corrected chi connectivity index (χ1v) is 12.5. The Balaban J connectivity index is 1.71. The van der Waals surface area contributed by atoms with Crippen molar-refractivity contribution in [2.24, 2.45) is 0 Å². The van der Waals surface area contributed by atoms with Crippen LogP contribution in [-0.2, 0) is 5.92 Å². The SMILES string of the molecule is CC(C)(CO)NC(c1ccccc1)c1cccc(NC(=O)c2cc(C(F)(F)CF)nn2-c2cccc(C#N)c2)c1. The zero-order valence-corrected chi connectivity index (χ0v) is 21.9. The zero-order chi connectivity index (χ0) is 28.9. The molecule has 1 atom stereocenters. The summed E-state index contributed by atoms with van der Waals surface area (Å²) in [5, 5.41) is 29.1. The van der Waals surface area contributed by atoms with E-state index in [2.05, 4.69) is 15.7 Å². The maximum Gasteiger partial charge on any atom is 0.319 e. The summed E-state index contributed by atoms with van der Waals surface area (Å²) >= 11 is 0. The second kappa shape index (κ2) is 11.7. The molecule has 1 aromatic heterocycles. The molecule has 7 nitrogen and oxygen atoms in total. The van der Waals surface area contributed by atoms with E-state index in [4.69, 9.17) is 0 Å². The summed E-state index contributed by atoms with van der Waals surface area (Å²) in [6.45, 7) is 1.63. The fourth-order valence-corrected chi connectivity index (χ4v) is 4.13. The molecule has 0 radical (unpaired) electrons. The Hall–Kier alpha value is -4.46. The van der Waals surface area contributed by atoms with Crippen LogP contribution in [0, 0.1) is 11.3 Å². The van der Waals surface area contributed by atoms with Crippen LogP contribution in [0.4, 0.5) is 18.9 Å². The fourth-order valence-electron chi connectivity index (χ4n) is 4.13. The van der Waals surface area contributed by atoms with Gasteiger partial charge in [-0.2, -0.15) is 19.1 Å². The van der Waals surface area contributed by atoms with Gasteiger partial charge in [-0.05, 0) is 61.4 Å². The molecule has 0 saturated heterocycles. The number of aromatic nitrogens is 2. The summed E-state index contributed by atoms with van der Waals surface area (Å²) in [4.78, 5) is 13.4. The summed E-state index contributed by atoms with van der Waals surface area (Å²) in [5.74, 6) is -4.66. The minimum Gasteiger partial charge on any atom is -0.394 e. The van der Waals surface area contributed by atoms with E-state index in [-0.39, 0.29) is 29.6 Å². The zero-order valence-electron chi connectivity index (χ0n) is 21.9. The number of nitrogens with one attached hydrogen (secondary N) is 2. The smallest absolute Gasteiger partial charge is 0.319 e. The lowest BCUT2D eigenvalue weighted by atomic mass is 9.94. The van der Waals surface area contributed by atoms with Crippen molar-refractivity contribution in [1.29, 1.82) is 5.26 Å². The van der Waals surface area contributed by atoms with Gasteiger partial charge in [-0.1, -0.05) is 48.5 Å². The average molecular weight is 548 g/mol. The minimum atomic E-state index is -3.90. The van der Waals surface area contributed by atoms with Crippen LogP contribution in [0.3, 0.4) is 0 Å². The summed E-state index contributed by atoms with van der Waals surface area (Å²) in [5.41, 5.74) is 0.728. The quantitative estimate of drug-likeness (QED) is 0.243. The van der Waals surface area contributed by atoms with Crippen molar-refractivity contribution in [1.82, 2.24) is 15.1 Å². The molecule has 4 aromatic rings. The lowest BCUT2D eigenvalue weighted by molar-refractivity contribution is -0.0324. The van der Waals surface area contributed by atoms with E-state index in [1.165, 1.54) is 24.3 Å². The maximum atomic E-state index is 14.2. The van der Waals surface area contributed by atoms with Crippen molar-refractivity contribution in [3.05, 3.63) is 113 Å². The van der Waals surface area contributed by atoms with E-state index in [1.54, 1.807) is 18.2 Å². The molecule has 0 bridgehead atoms. The van der Waals surface area contributed by atoms with Gasteiger partial charge >= 0.3 is 5.92 Å². The summed E-state index contributed by atoms with van der Waals surface area (Å²) in [7, 11) is 0. The van der Waals surface area contributed by atoms with Gasteiger partial charge in [0.05, 0.1) is 30.0 Å². The Morgan fingerprint density at radius 3 is 2.40 bits per heavy atom. The standard InChI is InChI=1S/C30H28F3N5O2/c1-29(2,19-39)36-27(21-9-4-3-5-10-21)22-11-7-12-23(15-22)35-28(40)25-16-26(30(32,33)18-31)37-38(25)24-13-6-8-20(14-24)17-34/h3-16,27,36,39H,18-19H2,1-2H3,(H,35,40). The first kappa shape index (κ1) is 28.5. The highest BCUT2D eigenvalue weighted by atomic mass is 19.3. The van der Waals surface area contributed by atoms with E-state index < -0.39 is 29.7 Å². The normalized spacial score (nSPS) is 12.5. The molecule has 1 amide bonds. The van der Waals surface area contributed by atoms with Crippen molar-refractivity contribution in [3.8, 4) is 11.8 Å². The van der Waals surface area contributed by atoms with Gasteiger partial charge in [0.2, 0.25) is 0 Å². The number of carbonyl (C=O) groups excluding carboxylic acids is 1. The molecule has 1 heterocycles. The van der Waals surface area contributed by atoms with Crippen LogP contribution in [-0.4, -0.2) is 39.6 Å². The Labute approximate surface area is 229 Å². The molecule has 3 N–H and O–H groups in total. The second-order valence-electron chi connectivity index (χ2n) is 9.94. The van der Waals surface area contributed by atoms with Gasteiger partial charge in [-0.25, -0.2) is 9.07 Å².